The van der Waals surface area contributed by atoms with Gasteiger partial charge in [0.1, 0.15) is 0 Å². The number of allylic oxidation sites excluding steroid dienone is 5. The van der Waals surface area contributed by atoms with Crippen LogP contribution in [0.3, 0.4) is 0 Å². The molecule has 0 amide bonds. The Kier molecular flexibility index (Phi) is 6.65. The summed E-state index contributed by atoms with van der Waals surface area (Å²) in [4.78, 5) is 0. The SMILES string of the molecule is C=C1/C(=C\C=C2/CCCC3(C)[C@@](N)(C/C=C/CC(C)C)CC[C@@]23N)CCCC1C. The fraction of sp³-hybridized carbons (Fsp3) is 0.704. The Morgan fingerprint density at radius 1 is 1.07 bits per heavy atom. The van der Waals surface area contributed by atoms with Gasteiger partial charge in [0.25, 0.3) is 0 Å². The zero-order chi connectivity index (χ0) is 21.3. The van der Waals surface area contributed by atoms with Crippen molar-refractivity contribution >= 4 is 0 Å². The van der Waals surface area contributed by atoms with E-state index < -0.39 is 0 Å². The zero-order valence-corrected chi connectivity index (χ0v) is 19.4. The van der Waals surface area contributed by atoms with Crippen LogP contribution in [0.4, 0.5) is 0 Å². The molecule has 3 saturated carbocycles. The second-order valence-corrected chi connectivity index (χ2v) is 10.8. The molecule has 3 fully saturated rings. The van der Waals surface area contributed by atoms with E-state index >= 15 is 0 Å². The maximum absolute atomic E-state index is 7.22. The van der Waals surface area contributed by atoms with Crippen LogP contribution in [0, 0.1) is 17.3 Å². The fourth-order valence-electron chi connectivity index (χ4n) is 6.12. The first-order valence-corrected chi connectivity index (χ1v) is 11.9. The van der Waals surface area contributed by atoms with E-state index in [1.165, 1.54) is 36.0 Å². The Hall–Kier alpha value is -1.12. The van der Waals surface area contributed by atoms with Gasteiger partial charge >= 0.3 is 0 Å². The maximum Gasteiger partial charge on any atom is 0.0444 e. The van der Waals surface area contributed by atoms with Crippen molar-refractivity contribution in [2.24, 2.45) is 28.7 Å². The molecule has 0 heterocycles. The molecule has 0 aromatic carbocycles. The van der Waals surface area contributed by atoms with Gasteiger partial charge in [-0.2, -0.15) is 0 Å². The molecule has 3 aliphatic rings. The van der Waals surface area contributed by atoms with Crippen molar-refractivity contribution in [3.63, 3.8) is 0 Å². The average molecular weight is 397 g/mol. The van der Waals surface area contributed by atoms with Crippen molar-refractivity contribution in [2.75, 3.05) is 0 Å². The number of fused-ring (bicyclic) bond motifs is 1. The molecule has 0 saturated heterocycles. The number of hydrogen-bond acceptors (Lipinski definition) is 2. The summed E-state index contributed by atoms with van der Waals surface area (Å²) in [5.74, 6) is 1.31. The van der Waals surface area contributed by atoms with Crippen molar-refractivity contribution in [3.05, 3.63) is 47.6 Å². The van der Waals surface area contributed by atoms with Crippen LogP contribution in [-0.4, -0.2) is 11.1 Å². The number of hydrogen-bond donors (Lipinski definition) is 2. The van der Waals surface area contributed by atoms with Crippen molar-refractivity contribution in [1.29, 1.82) is 0 Å². The maximum atomic E-state index is 7.22. The zero-order valence-electron chi connectivity index (χ0n) is 19.4. The highest BCUT2D eigenvalue weighted by atomic mass is 14.9. The fourth-order valence-corrected chi connectivity index (χ4v) is 6.12. The van der Waals surface area contributed by atoms with Gasteiger partial charge in [0.15, 0.2) is 0 Å². The lowest BCUT2D eigenvalue weighted by molar-refractivity contribution is 0.0862. The van der Waals surface area contributed by atoms with Crippen molar-refractivity contribution in [1.82, 2.24) is 0 Å². The van der Waals surface area contributed by atoms with Gasteiger partial charge < -0.3 is 11.5 Å². The van der Waals surface area contributed by atoms with E-state index in [0.717, 1.165) is 44.9 Å². The molecule has 162 valence electrons. The Morgan fingerprint density at radius 2 is 1.83 bits per heavy atom. The first-order valence-electron chi connectivity index (χ1n) is 11.9. The third-order valence-corrected chi connectivity index (χ3v) is 8.58. The summed E-state index contributed by atoms with van der Waals surface area (Å²) in [6, 6.07) is 0. The van der Waals surface area contributed by atoms with Gasteiger partial charge in [0.2, 0.25) is 0 Å². The van der Waals surface area contributed by atoms with Crippen LogP contribution in [0.2, 0.25) is 0 Å². The quantitative estimate of drug-likeness (QED) is 0.515. The molecule has 0 aromatic heterocycles. The molecule has 0 radical (unpaired) electrons. The summed E-state index contributed by atoms with van der Waals surface area (Å²) in [6.07, 6.45) is 20.6. The normalized spacial score (nSPS) is 41.1. The Labute approximate surface area is 179 Å². The Morgan fingerprint density at radius 3 is 2.55 bits per heavy atom. The van der Waals surface area contributed by atoms with E-state index in [9.17, 15) is 0 Å². The molecular formula is C27H44N2. The van der Waals surface area contributed by atoms with E-state index in [1.54, 1.807) is 0 Å². The standard InChI is InChI=1S/C27H44N2/c1-20(2)10-6-7-17-26(28)18-19-27(29)24(13-9-16-25(26,27)5)15-14-23-12-8-11-21(3)22(23)4/h6-7,14-15,20-21H,4,8-13,16-19,28-29H2,1-3,5H3/b7-6+,23-14-,24-15+/t21?,25?,26-,27-/m1/s1. The molecule has 3 rings (SSSR count). The molecule has 4 atom stereocenters. The molecule has 2 unspecified atom stereocenters. The number of nitrogens with two attached hydrogens (primary N) is 2. The predicted octanol–water partition coefficient (Wildman–Crippen LogP) is 6.59. The molecule has 2 nitrogen and oxygen atoms in total. The third kappa shape index (κ3) is 4.08. The molecule has 4 N–H and O–H groups in total. The summed E-state index contributed by atoms with van der Waals surface area (Å²) in [6.45, 7) is 13.6. The minimum Gasteiger partial charge on any atom is -0.324 e. The molecular weight excluding hydrogens is 352 g/mol. The van der Waals surface area contributed by atoms with Gasteiger partial charge in [-0.3, -0.25) is 0 Å². The summed E-state index contributed by atoms with van der Waals surface area (Å²) >= 11 is 0. The van der Waals surface area contributed by atoms with Crippen LogP contribution in [-0.2, 0) is 0 Å². The van der Waals surface area contributed by atoms with E-state index in [4.69, 9.17) is 11.5 Å². The molecule has 29 heavy (non-hydrogen) atoms. The first kappa shape index (κ1) is 22.6. The lowest BCUT2D eigenvalue weighted by Crippen LogP contribution is -2.64. The van der Waals surface area contributed by atoms with Gasteiger partial charge in [-0.25, -0.2) is 0 Å². The second-order valence-electron chi connectivity index (χ2n) is 10.8. The smallest absolute Gasteiger partial charge is 0.0444 e. The molecule has 2 heteroatoms. The molecule has 0 spiro atoms. The highest BCUT2D eigenvalue weighted by Gasteiger charge is 2.63. The van der Waals surface area contributed by atoms with Crippen LogP contribution in [0.15, 0.2) is 47.6 Å². The minimum absolute atomic E-state index is 0.0401. The van der Waals surface area contributed by atoms with Gasteiger partial charge in [0.05, 0.1) is 0 Å². The minimum atomic E-state index is -0.273. The molecule has 0 bridgehead atoms. The highest BCUT2D eigenvalue weighted by Crippen LogP contribution is 2.60. The second kappa shape index (κ2) is 8.55. The average Bonchev–Trinajstić information content (AvgIpc) is 2.88. The summed E-state index contributed by atoms with van der Waals surface area (Å²) in [7, 11) is 0. The van der Waals surface area contributed by atoms with Gasteiger partial charge in [-0.1, -0.05) is 58.6 Å². The summed E-state index contributed by atoms with van der Waals surface area (Å²) < 4.78 is 0. The van der Waals surface area contributed by atoms with Gasteiger partial charge in [-0.15, -0.1) is 0 Å². The van der Waals surface area contributed by atoms with E-state index in [0.29, 0.717) is 11.8 Å². The van der Waals surface area contributed by atoms with Crippen LogP contribution in [0.25, 0.3) is 0 Å². The lowest BCUT2D eigenvalue weighted by Gasteiger charge is -2.53. The lowest BCUT2D eigenvalue weighted by atomic mass is 9.56. The largest absolute Gasteiger partial charge is 0.324 e. The Balaban J connectivity index is 1.83. The van der Waals surface area contributed by atoms with Gasteiger partial charge in [-0.05, 0) is 92.8 Å². The number of rotatable bonds is 5. The topological polar surface area (TPSA) is 52.0 Å². The van der Waals surface area contributed by atoms with Crippen molar-refractivity contribution in [3.8, 4) is 0 Å². The summed E-state index contributed by atoms with van der Waals surface area (Å²) in [5, 5.41) is 0. The molecule has 0 aromatic rings. The van der Waals surface area contributed by atoms with E-state index in [-0.39, 0.29) is 16.5 Å². The van der Waals surface area contributed by atoms with Crippen LogP contribution >= 0.6 is 0 Å². The summed E-state index contributed by atoms with van der Waals surface area (Å²) in [5.41, 5.74) is 18.0. The van der Waals surface area contributed by atoms with Crippen LogP contribution in [0.1, 0.15) is 91.9 Å². The third-order valence-electron chi connectivity index (χ3n) is 8.58. The van der Waals surface area contributed by atoms with Crippen molar-refractivity contribution in [2.45, 2.75) is 103 Å². The van der Waals surface area contributed by atoms with Gasteiger partial charge in [0, 0.05) is 16.5 Å². The molecule has 3 aliphatic carbocycles. The van der Waals surface area contributed by atoms with Crippen LogP contribution < -0.4 is 11.5 Å². The monoisotopic (exact) mass is 396 g/mol. The van der Waals surface area contributed by atoms with Crippen LogP contribution in [0.5, 0.6) is 0 Å². The Bertz CT molecular complexity index is 712. The predicted molar refractivity (Wildman–Crippen MR) is 127 cm³/mol. The van der Waals surface area contributed by atoms with E-state index in [1.807, 2.05) is 0 Å². The molecule has 0 aliphatic heterocycles. The van der Waals surface area contributed by atoms with Crippen molar-refractivity contribution < 1.29 is 0 Å². The highest BCUT2D eigenvalue weighted by molar-refractivity contribution is 5.41. The van der Waals surface area contributed by atoms with E-state index in [2.05, 4.69) is 58.6 Å². The first-order chi connectivity index (χ1) is 13.6.